The predicted molar refractivity (Wildman–Crippen MR) is 121 cm³/mol. The minimum atomic E-state index is -0.935. The second-order valence-corrected chi connectivity index (χ2v) is 8.71. The molecule has 2 N–H and O–H groups in total. The van der Waals surface area contributed by atoms with Crippen LogP contribution < -0.4 is 4.74 Å². The number of halogens is 1. The Labute approximate surface area is 189 Å². The first-order valence-corrected chi connectivity index (χ1v) is 11.0. The predicted octanol–water partition coefficient (Wildman–Crippen LogP) is 4.52. The zero-order chi connectivity index (χ0) is 23.3. The lowest BCUT2D eigenvalue weighted by Crippen LogP contribution is -2.31. The summed E-state index contributed by atoms with van der Waals surface area (Å²) in [7, 11) is 1.44. The number of aliphatic carboxylic acids is 1. The number of pyridine rings is 1. The lowest BCUT2D eigenvalue weighted by atomic mass is 9.88. The second kappa shape index (κ2) is 8.15. The maximum absolute atomic E-state index is 14.2. The zero-order valence-corrected chi connectivity index (χ0v) is 18.6. The van der Waals surface area contributed by atoms with Crippen LogP contribution in [0.3, 0.4) is 0 Å². The van der Waals surface area contributed by atoms with Gasteiger partial charge in [0.2, 0.25) is 0 Å². The van der Waals surface area contributed by atoms with E-state index in [1.807, 2.05) is 6.07 Å². The van der Waals surface area contributed by atoms with Crippen molar-refractivity contribution in [3.63, 3.8) is 0 Å². The summed E-state index contributed by atoms with van der Waals surface area (Å²) in [6, 6.07) is 6.83. The van der Waals surface area contributed by atoms with E-state index in [-0.39, 0.29) is 17.6 Å². The van der Waals surface area contributed by atoms with Gasteiger partial charge in [0.15, 0.2) is 23.3 Å². The molecule has 1 fully saturated rings. The van der Waals surface area contributed by atoms with Gasteiger partial charge in [0.1, 0.15) is 0 Å². The first kappa shape index (κ1) is 21.4. The van der Waals surface area contributed by atoms with Crippen molar-refractivity contribution < 1.29 is 23.8 Å². The maximum atomic E-state index is 14.2. The van der Waals surface area contributed by atoms with E-state index < -0.39 is 17.9 Å². The summed E-state index contributed by atoms with van der Waals surface area (Å²) in [5, 5.41) is 17.3. The average molecular weight is 452 g/mol. The number of ether oxygens (including phenoxy) is 2. The van der Waals surface area contributed by atoms with Crippen LogP contribution in [-0.2, 0) is 9.53 Å². The summed E-state index contributed by atoms with van der Waals surface area (Å²) >= 11 is 0. The molecular weight excluding hydrogens is 427 g/mol. The van der Waals surface area contributed by atoms with Crippen LogP contribution in [-0.4, -0.2) is 50.6 Å². The third kappa shape index (κ3) is 3.52. The molecule has 2 atom stereocenters. The topological polar surface area (TPSA) is 102 Å². The van der Waals surface area contributed by atoms with E-state index in [9.17, 15) is 14.3 Å². The quantitative estimate of drug-likeness (QED) is 0.462. The van der Waals surface area contributed by atoms with Crippen LogP contribution in [0, 0.1) is 5.82 Å². The molecule has 4 aromatic rings. The number of carboxylic acid groups (broad SMARTS) is 1. The molecule has 1 saturated heterocycles. The molecule has 1 unspecified atom stereocenters. The molecule has 1 aromatic carbocycles. The molecule has 0 spiro atoms. The smallest absolute Gasteiger partial charge is 0.332 e. The molecule has 0 amide bonds. The van der Waals surface area contributed by atoms with Crippen molar-refractivity contribution in [1.29, 1.82) is 0 Å². The van der Waals surface area contributed by atoms with Crippen LogP contribution in [0.25, 0.3) is 27.8 Å². The molecule has 33 heavy (non-hydrogen) atoms. The fourth-order valence-corrected chi connectivity index (χ4v) is 4.82. The summed E-state index contributed by atoms with van der Waals surface area (Å²) in [5.41, 5.74) is 5.18. The normalized spacial score (nSPS) is 18.9. The summed E-state index contributed by atoms with van der Waals surface area (Å²) in [4.78, 5) is 16.3. The highest BCUT2D eigenvalue weighted by Crippen LogP contribution is 2.42. The Morgan fingerprint density at radius 2 is 2.15 bits per heavy atom. The lowest BCUT2D eigenvalue weighted by molar-refractivity contribution is -0.153. The highest BCUT2D eigenvalue weighted by molar-refractivity contribution is 5.93. The Kier molecular flexibility index (Phi) is 5.28. The van der Waals surface area contributed by atoms with Gasteiger partial charge in [-0.1, -0.05) is 13.8 Å². The number of H-pyrrole nitrogens is 1. The van der Waals surface area contributed by atoms with Gasteiger partial charge >= 0.3 is 5.97 Å². The molecule has 3 aromatic heterocycles. The van der Waals surface area contributed by atoms with E-state index in [0.717, 1.165) is 33.4 Å². The van der Waals surface area contributed by atoms with Crippen LogP contribution >= 0.6 is 0 Å². The number of hydrogen-bond acceptors (Lipinski definition) is 5. The fourth-order valence-electron chi connectivity index (χ4n) is 4.82. The second-order valence-electron chi connectivity index (χ2n) is 8.71. The van der Waals surface area contributed by atoms with Gasteiger partial charge in [-0.05, 0) is 37.0 Å². The third-order valence-electron chi connectivity index (χ3n) is 6.32. The highest BCUT2D eigenvalue weighted by Gasteiger charge is 2.33. The summed E-state index contributed by atoms with van der Waals surface area (Å²) < 4.78 is 27.2. The minimum Gasteiger partial charge on any atom is -0.494 e. The fraction of sp³-hybridized carbons (Fsp3) is 0.375. The Morgan fingerprint density at radius 1 is 1.33 bits per heavy atom. The standard InChI is InChI=1S/C24H25FN4O4/c1-12(2)22-20(13-4-7-18(24(30)31)33-11-13)21-17(8-14-10-26-28-23(14)27-21)29(22)15-5-6-16(25)19(9-15)32-3/h5-6,8-10,12-13,18H,4,7,11H2,1-3H3,(H,30,31)(H,26,27,28)/t13?,18-/m0/s1. The number of aromatic nitrogens is 4. The number of carbonyl (C=O) groups is 1. The summed E-state index contributed by atoms with van der Waals surface area (Å²) in [5.74, 6) is -1.11. The highest BCUT2D eigenvalue weighted by atomic mass is 19.1. The van der Waals surface area contributed by atoms with E-state index in [4.69, 9.17) is 14.5 Å². The first-order chi connectivity index (χ1) is 15.9. The molecule has 0 bridgehead atoms. The number of methoxy groups -OCH3 is 1. The SMILES string of the molecule is COc1cc(-n2c(C(C)C)c(C3CC[C@@H](C(=O)O)OC3)c3nc4[nH]ncc4cc32)ccc1F. The molecule has 0 radical (unpaired) electrons. The number of carboxylic acids is 1. The molecular formula is C24H25FN4O4. The monoisotopic (exact) mass is 452 g/mol. The summed E-state index contributed by atoms with van der Waals surface area (Å²) in [6.45, 7) is 4.50. The number of nitrogens with one attached hydrogen (secondary N) is 1. The van der Waals surface area contributed by atoms with Gasteiger partial charge in [-0.2, -0.15) is 5.10 Å². The van der Waals surface area contributed by atoms with E-state index >= 15 is 0 Å². The van der Waals surface area contributed by atoms with Crippen molar-refractivity contribution in [1.82, 2.24) is 19.7 Å². The van der Waals surface area contributed by atoms with Gasteiger partial charge in [-0.25, -0.2) is 14.2 Å². The largest absolute Gasteiger partial charge is 0.494 e. The number of rotatable bonds is 5. The molecule has 172 valence electrons. The molecule has 9 heteroatoms. The van der Waals surface area contributed by atoms with Crippen LogP contribution in [0.2, 0.25) is 0 Å². The Hall–Kier alpha value is -3.46. The molecule has 5 rings (SSSR count). The zero-order valence-electron chi connectivity index (χ0n) is 18.6. The van der Waals surface area contributed by atoms with Gasteiger partial charge in [0, 0.05) is 34.3 Å². The van der Waals surface area contributed by atoms with Crippen molar-refractivity contribution in [3.05, 3.63) is 47.5 Å². The number of benzene rings is 1. The van der Waals surface area contributed by atoms with E-state index in [2.05, 4.69) is 28.6 Å². The Morgan fingerprint density at radius 3 is 2.82 bits per heavy atom. The Balaban J connectivity index is 1.77. The number of fused-ring (bicyclic) bond motifs is 2. The van der Waals surface area contributed by atoms with Crippen LogP contribution in [0.5, 0.6) is 5.75 Å². The lowest BCUT2D eigenvalue weighted by Gasteiger charge is -2.28. The van der Waals surface area contributed by atoms with E-state index in [0.29, 0.717) is 25.1 Å². The molecule has 0 aliphatic carbocycles. The van der Waals surface area contributed by atoms with Crippen molar-refractivity contribution in [2.45, 2.75) is 44.6 Å². The maximum Gasteiger partial charge on any atom is 0.332 e. The number of nitrogens with zero attached hydrogens (tertiary/aromatic N) is 3. The van der Waals surface area contributed by atoms with E-state index in [1.165, 1.54) is 13.2 Å². The van der Waals surface area contributed by atoms with Crippen LogP contribution in [0.15, 0.2) is 30.5 Å². The van der Waals surface area contributed by atoms with Gasteiger partial charge < -0.3 is 19.1 Å². The van der Waals surface area contributed by atoms with Crippen molar-refractivity contribution in [2.75, 3.05) is 13.7 Å². The van der Waals surface area contributed by atoms with Gasteiger partial charge in [0.05, 0.1) is 30.9 Å². The molecule has 4 heterocycles. The van der Waals surface area contributed by atoms with Crippen molar-refractivity contribution in [3.8, 4) is 11.4 Å². The van der Waals surface area contributed by atoms with E-state index in [1.54, 1.807) is 18.3 Å². The Bertz CT molecular complexity index is 1350. The summed E-state index contributed by atoms with van der Waals surface area (Å²) in [6.07, 6.45) is 2.04. The van der Waals surface area contributed by atoms with Crippen LogP contribution in [0.4, 0.5) is 4.39 Å². The van der Waals surface area contributed by atoms with Gasteiger partial charge in [0.25, 0.3) is 0 Å². The first-order valence-electron chi connectivity index (χ1n) is 11.0. The average Bonchev–Trinajstić information content (AvgIpc) is 3.39. The van der Waals surface area contributed by atoms with Gasteiger partial charge in [-0.3, -0.25) is 5.10 Å². The molecule has 1 aliphatic heterocycles. The number of aromatic amines is 1. The molecule has 1 aliphatic rings. The van der Waals surface area contributed by atoms with Crippen LogP contribution in [0.1, 0.15) is 49.8 Å². The number of hydrogen-bond donors (Lipinski definition) is 2. The molecule has 0 saturated carbocycles. The van der Waals surface area contributed by atoms with Crippen molar-refractivity contribution in [2.24, 2.45) is 0 Å². The van der Waals surface area contributed by atoms with Gasteiger partial charge in [-0.15, -0.1) is 0 Å². The third-order valence-corrected chi connectivity index (χ3v) is 6.32. The van der Waals surface area contributed by atoms with Crippen molar-refractivity contribution >= 4 is 28.0 Å². The minimum absolute atomic E-state index is 0.0167. The molecule has 8 nitrogen and oxygen atoms in total.